The summed E-state index contributed by atoms with van der Waals surface area (Å²) < 4.78 is 10.6. The average molecular weight is 274 g/mol. The van der Waals surface area contributed by atoms with E-state index in [1.807, 2.05) is 11.0 Å². The molecule has 0 bridgehead atoms. The minimum absolute atomic E-state index is 0.0740. The smallest absolute Gasteiger partial charge is 0.254 e. The number of amides is 1. The van der Waals surface area contributed by atoms with E-state index < -0.39 is 0 Å². The van der Waals surface area contributed by atoms with E-state index in [9.17, 15) is 4.79 Å². The molecule has 5 heteroatoms. The van der Waals surface area contributed by atoms with Crippen molar-refractivity contribution in [3.05, 3.63) is 23.8 Å². The number of ether oxygens (including phenoxy) is 2. The van der Waals surface area contributed by atoms with Crippen LogP contribution in [0.5, 0.6) is 11.5 Å². The molecule has 1 aliphatic carbocycles. The highest BCUT2D eigenvalue weighted by Crippen LogP contribution is 2.38. The van der Waals surface area contributed by atoms with Crippen molar-refractivity contribution in [3.63, 3.8) is 0 Å². The average Bonchev–Trinajstić information content (AvgIpc) is 3.14. The van der Waals surface area contributed by atoms with E-state index >= 15 is 0 Å². The van der Waals surface area contributed by atoms with Gasteiger partial charge in [0.1, 0.15) is 0 Å². The van der Waals surface area contributed by atoms with Crippen molar-refractivity contribution in [1.82, 2.24) is 4.90 Å². The lowest BCUT2D eigenvalue weighted by atomic mass is 9.98. The molecule has 5 nitrogen and oxygen atoms in total. The van der Waals surface area contributed by atoms with Crippen LogP contribution in [-0.2, 0) is 0 Å². The van der Waals surface area contributed by atoms with Gasteiger partial charge in [-0.25, -0.2) is 0 Å². The third-order valence-electron chi connectivity index (χ3n) is 4.82. The summed E-state index contributed by atoms with van der Waals surface area (Å²) in [6.07, 6.45) is 2.25. The first-order chi connectivity index (χ1) is 9.72. The second-order valence-corrected chi connectivity index (χ2v) is 5.94. The SMILES string of the molecule is NC1CCC2CN(C(=O)c3ccc4c(c3)OCO4)CC12. The normalized spacial score (nSPS) is 30.6. The Morgan fingerprint density at radius 1 is 1.20 bits per heavy atom. The van der Waals surface area contributed by atoms with E-state index in [2.05, 4.69) is 0 Å². The lowest BCUT2D eigenvalue weighted by Crippen LogP contribution is -2.33. The minimum Gasteiger partial charge on any atom is -0.454 e. The zero-order chi connectivity index (χ0) is 13.7. The third kappa shape index (κ3) is 1.77. The third-order valence-corrected chi connectivity index (χ3v) is 4.82. The molecule has 2 fully saturated rings. The number of hydrogen-bond donors (Lipinski definition) is 1. The summed E-state index contributed by atoms with van der Waals surface area (Å²) in [5.41, 5.74) is 6.79. The Kier molecular flexibility index (Phi) is 2.63. The quantitative estimate of drug-likeness (QED) is 0.836. The molecule has 1 saturated heterocycles. The molecular formula is C15H18N2O3. The number of hydrogen-bond acceptors (Lipinski definition) is 4. The highest BCUT2D eigenvalue weighted by atomic mass is 16.7. The van der Waals surface area contributed by atoms with Gasteiger partial charge in [0.05, 0.1) is 0 Å². The Hall–Kier alpha value is -1.75. The molecule has 0 spiro atoms. The van der Waals surface area contributed by atoms with Crippen molar-refractivity contribution in [2.45, 2.75) is 18.9 Å². The van der Waals surface area contributed by atoms with E-state index in [0.717, 1.165) is 25.9 Å². The van der Waals surface area contributed by atoms with Crippen LogP contribution in [0.1, 0.15) is 23.2 Å². The van der Waals surface area contributed by atoms with Gasteiger partial charge in [-0.2, -0.15) is 0 Å². The zero-order valence-corrected chi connectivity index (χ0v) is 11.2. The number of likely N-dealkylation sites (tertiary alicyclic amines) is 1. The number of nitrogens with zero attached hydrogens (tertiary/aromatic N) is 1. The fourth-order valence-electron chi connectivity index (χ4n) is 3.69. The standard InChI is InChI=1S/C15H18N2O3/c16-12-3-1-10-6-17(7-11(10)12)15(18)9-2-4-13-14(5-9)20-8-19-13/h2,4-5,10-12H,1,3,6-8,16H2. The summed E-state index contributed by atoms with van der Waals surface area (Å²) in [6.45, 7) is 1.86. The molecule has 20 heavy (non-hydrogen) atoms. The predicted molar refractivity (Wildman–Crippen MR) is 72.7 cm³/mol. The number of fused-ring (bicyclic) bond motifs is 2. The van der Waals surface area contributed by atoms with Crippen molar-refractivity contribution >= 4 is 5.91 Å². The Morgan fingerprint density at radius 3 is 2.90 bits per heavy atom. The van der Waals surface area contributed by atoms with Crippen LogP contribution in [0.25, 0.3) is 0 Å². The van der Waals surface area contributed by atoms with Crippen LogP contribution in [-0.4, -0.2) is 36.7 Å². The van der Waals surface area contributed by atoms with Gasteiger partial charge >= 0.3 is 0 Å². The Bertz CT molecular complexity index is 560. The van der Waals surface area contributed by atoms with E-state index in [4.69, 9.17) is 15.2 Å². The van der Waals surface area contributed by atoms with Gasteiger partial charge < -0.3 is 20.1 Å². The topological polar surface area (TPSA) is 64.8 Å². The summed E-state index contributed by atoms with van der Waals surface area (Å²) in [4.78, 5) is 14.5. The number of carbonyl (C=O) groups is 1. The van der Waals surface area contributed by atoms with Gasteiger partial charge in [0.15, 0.2) is 11.5 Å². The fraction of sp³-hybridized carbons (Fsp3) is 0.533. The van der Waals surface area contributed by atoms with Gasteiger partial charge in [0.25, 0.3) is 5.91 Å². The first-order valence-electron chi connectivity index (χ1n) is 7.17. The second-order valence-electron chi connectivity index (χ2n) is 5.94. The molecule has 1 saturated carbocycles. The van der Waals surface area contributed by atoms with Gasteiger partial charge in [-0.05, 0) is 42.9 Å². The number of rotatable bonds is 1. The molecule has 106 valence electrons. The monoisotopic (exact) mass is 274 g/mol. The number of nitrogens with two attached hydrogens (primary N) is 1. The van der Waals surface area contributed by atoms with Crippen LogP contribution in [0.4, 0.5) is 0 Å². The number of carbonyl (C=O) groups excluding carboxylic acids is 1. The highest BCUT2D eigenvalue weighted by molar-refractivity contribution is 5.95. The van der Waals surface area contributed by atoms with Crippen LogP contribution in [0.2, 0.25) is 0 Å². The van der Waals surface area contributed by atoms with Crippen LogP contribution >= 0.6 is 0 Å². The predicted octanol–water partition coefficient (Wildman–Crippen LogP) is 1.22. The van der Waals surface area contributed by atoms with Crippen molar-refractivity contribution < 1.29 is 14.3 Å². The van der Waals surface area contributed by atoms with Crippen LogP contribution in [0, 0.1) is 11.8 Å². The lowest BCUT2D eigenvalue weighted by molar-refractivity contribution is 0.0779. The molecule has 3 unspecified atom stereocenters. The molecule has 1 aromatic carbocycles. The van der Waals surface area contributed by atoms with Crippen LogP contribution in [0.3, 0.4) is 0 Å². The first-order valence-corrected chi connectivity index (χ1v) is 7.17. The molecule has 0 aromatic heterocycles. The maximum absolute atomic E-state index is 12.6. The molecular weight excluding hydrogens is 256 g/mol. The van der Waals surface area contributed by atoms with Gasteiger partial charge in [0, 0.05) is 24.7 Å². The van der Waals surface area contributed by atoms with Crippen LogP contribution < -0.4 is 15.2 Å². The van der Waals surface area contributed by atoms with Crippen molar-refractivity contribution in [2.75, 3.05) is 19.9 Å². The largest absolute Gasteiger partial charge is 0.454 e. The minimum atomic E-state index is 0.0740. The summed E-state index contributed by atoms with van der Waals surface area (Å²) in [6, 6.07) is 5.65. The van der Waals surface area contributed by atoms with Crippen molar-refractivity contribution in [3.8, 4) is 11.5 Å². The Morgan fingerprint density at radius 2 is 2.05 bits per heavy atom. The van der Waals surface area contributed by atoms with Gasteiger partial charge in [-0.1, -0.05) is 0 Å². The molecule has 0 radical (unpaired) electrons. The highest BCUT2D eigenvalue weighted by Gasteiger charge is 2.42. The molecule has 3 atom stereocenters. The molecule has 1 aromatic rings. The molecule has 2 N–H and O–H groups in total. The van der Waals surface area contributed by atoms with Crippen molar-refractivity contribution in [2.24, 2.45) is 17.6 Å². The fourth-order valence-corrected chi connectivity index (χ4v) is 3.69. The molecule has 1 amide bonds. The lowest BCUT2D eigenvalue weighted by Gasteiger charge is -2.19. The van der Waals surface area contributed by atoms with E-state index in [1.165, 1.54) is 0 Å². The van der Waals surface area contributed by atoms with E-state index in [1.54, 1.807) is 12.1 Å². The molecule has 2 aliphatic heterocycles. The van der Waals surface area contributed by atoms with Crippen LogP contribution in [0.15, 0.2) is 18.2 Å². The first kappa shape index (κ1) is 12.0. The van der Waals surface area contributed by atoms with Gasteiger partial charge in [0.2, 0.25) is 6.79 Å². The van der Waals surface area contributed by atoms with E-state index in [-0.39, 0.29) is 18.7 Å². The zero-order valence-electron chi connectivity index (χ0n) is 11.2. The van der Waals surface area contributed by atoms with E-state index in [0.29, 0.717) is 28.9 Å². The van der Waals surface area contributed by atoms with Crippen molar-refractivity contribution in [1.29, 1.82) is 0 Å². The molecule has 4 rings (SSSR count). The van der Waals surface area contributed by atoms with Gasteiger partial charge in [-0.15, -0.1) is 0 Å². The second kappa shape index (κ2) is 4.38. The Balaban J connectivity index is 1.53. The molecule has 2 heterocycles. The summed E-state index contributed by atoms with van der Waals surface area (Å²) in [5, 5.41) is 0. The Labute approximate surface area is 117 Å². The maximum atomic E-state index is 12.6. The summed E-state index contributed by atoms with van der Waals surface area (Å²) in [5.74, 6) is 2.51. The molecule has 3 aliphatic rings. The number of benzene rings is 1. The summed E-state index contributed by atoms with van der Waals surface area (Å²) >= 11 is 0. The summed E-state index contributed by atoms with van der Waals surface area (Å²) in [7, 11) is 0. The van der Waals surface area contributed by atoms with Gasteiger partial charge in [-0.3, -0.25) is 4.79 Å². The maximum Gasteiger partial charge on any atom is 0.254 e.